The fourth-order valence-electron chi connectivity index (χ4n) is 5.23. The number of ether oxygens (including phenoxy) is 2. The minimum Gasteiger partial charge on any atom is -0.429 e. The first-order chi connectivity index (χ1) is 23.4. The van der Waals surface area contributed by atoms with Gasteiger partial charge in [-0.2, -0.15) is 17.6 Å². The molecule has 0 amide bonds. The van der Waals surface area contributed by atoms with Gasteiger partial charge in [0.15, 0.2) is 0 Å². The third kappa shape index (κ3) is 7.91. The summed E-state index contributed by atoms with van der Waals surface area (Å²) in [6, 6.07) is 18.8. The van der Waals surface area contributed by atoms with Crippen LogP contribution in [0.4, 0.5) is 52.7 Å². The van der Waals surface area contributed by atoms with Crippen LogP contribution in [0.25, 0.3) is 33.4 Å². The Labute approximate surface area is 276 Å². The maximum absolute atomic E-state index is 15.2. The third-order valence-corrected chi connectivity index (χ3v) is 7.45. The van der Waals surface area contributed by atoms with Gasteiger partial charge in [0.2, 0.25) is 0 Å². The van der Waals surface area contributed by atoms with Crippen LogP contribution in [0.1, 0.15) is 30.0 Å². The van der Waals surface area contributed by atoms with Crippen LogP contribution < -0.4 is 4.74 Å². The topological polar surface area (TPSA) is 18.5 Å². The molecule has 0 unspecified atom stereocenters. The molecule has 0 aliphatic carbocycles. The van der Waals surface area contributed by atoms with Gasteiger partial charge in [-0.25, -0.2) is 26.7 Å². The van der Waals surface area contributed by atoms with Crippen molar-refractivity contribution in [1.82, 2.24) is 0 Å². The van der Waals surface area contributed by atoms with Gasteiger partial charge in [-0.15, -0.1) is 13.2 Å². The molecule has 0 bridgehead atoms. The zero-order valence-corrected chi connectivity index (χ0v) is 25.4. The van der Waals surface area contributed by atoms with E-state index in [1.54, 1.807) is 12.1 Å². The molecule has 0 heterocycles. The SMILES string of the molecule is CCCc1ccc(-c2ccc(-c3ccc(-c4cc(F)c(C(F)(F)Oc5cc(F)c(C(F)(F)OC(F)(F)F)c(F)c5)c(F)c4)c(F)c3)cc2)cc1. The summed E-state index contributed by atoms with van der Waals surface area (Å²) in [7, 11) is 0. The zero-order valence-electron chi connectivity index (χ0n) is 25.4. The molecule has 0 saturated carbocycles. The van der Waals surface area contributed by atoms with Crippen LogP contribution in [0.3, 0.4) is 0 Å². The third-order valence-electron chi connectivity index (χ3n) is 7.45. The highest BCUT2D eigenvalue weighted by Crippen LogP contribution is 2.42. The number of rotatable bonds is 10. The van der Waals surface area contributed by atoms with Gasteiger partial charge in [-0.1, -0.05) is 74.0 Å². The summed E-state index contributed by atoms with van der Waals surface area (Å²) < 4.78 is 174. The van der Waals surface area contributed by atoms with Crippen molar-refractivity contribution in [2.75, 3.05) is 0 Å². The molecule has 0 saturated heterocycles. The molecule has 5 aromatic carbocycles. The second-order valence-corrected chi connectivity index (χ2v) is 11.0. The molecule has 50 heavy (non-hydrogen) atoms. The van der Waals surface area contributed by atoms with Gasteiger partial charge in [0.05, 0.1) is 0 Å². The average Bonchev–Trinajstić information content (AvgIpc) is 2.99. The molecule has 0 radical (unpaired) electrons. The maximum Gasteiger partial charge on any atom is 0.527 e. The molecule has 0 aliphatic heterocycles. The zero-order chi connectivity index (χ0) is 36.6. The number of alkyl halides is 7. The van der Waals surface area contributed by atoms with Crippen molar-refractivity contribution in [2.45, 2.75) is 38.3 Å². The minimum absolute atomic E-state index is 0.341. The molecule has 5 rings (SSSR count). The largest absolute Gasteiger partial charge is 0.527 e. The van der Waals surface area contributed by atoms with Gasteiger partial charge in [0.25, 0.3) is 0 Å². The van der Waals surface area contributed by atoms with Crippen LogP contribution in [-0.2, 0) is 23.4 Å². The predicted octanol–water partition coefficient (Wildman–Crippen LogP) is 12.0. The highest BCUT2D eigenvalue weighted by molar-refractivity contribution is 5.74. The van der Waals surface area contributed by atoms with E-state index in [1.807, 2.05) is 36.4 Å². The normalized spacial score (nSPS) is 12.3. The molecule has 2 nitrogen and oxygen atoms in total. The van der Waals surface area contributed by atoms with E-state index < -0.39 is 70.1 Å². The lowest BCUT2D eigenvalue weighted by molar-refractivity contribution is -0.432. The Morgan fingerprint density at radius 3 is 1.38 bits per heavy atom. The van der Waals surface area contributed by atoms with Crippen molar-refractivity contribution in [2.24, 2.45) is 0 Å². The second kappa shape index (κ2) is 13.7. The molecule has 5 aromatic rings. The summed E-state index contributed by atoms with van der Waals surface area (Å²) in [5.74, 6) is -11.6. The predicted molar refractivity (Wildman–Crippen MR) is 159 cm³/mol. The number of hydrogen-bond acceptors (Lipinski definition) is 2. The Kier molecular flexibility index (Phi) is 9.97. The first kappa shape index (κ1) is 36.3. The van der Waals surface area contributed by atoms with Crippen molar-refractivity contribution in [1.29, 1.82) is 0 Å². The van der Waals surface area contributed by atoms with Crippen molar-refractivity contribution in [3.63, 3.8) is 0 Å². The van der Waals surface area contributed by atoms with Gasteiger partial charge in [-0.05, 0) is 58.0 Å². The van der Waals surface area contributed by atoms with Crippen LogP contribution in [0.5, 0.6) is 5.75 Å². The minimum atomic E-state index is -6.05. The van der Waals surface area contributed by atoms with E-state index in [2.05, 4.69) is 16.4 Å². The standard InChI is InChI=1S/C36H22F12O2/c1-2-3-19-4-6-20(7-5-19)21-8-10-22(11-9-21)23-12-13-26(27(37)14-23)24-15-28(38)32(29(39)16-24)34(42,43)49-25-17-30(40)33(31(41)18-25)35(44,45)50-36(46,47)48/h4-18H,2-3H2,1H3. The molecule has 0 aromatic heterocycles. The summed E-state index contributed by atoms with van der Waals surface area (Å²) in [5, 5.41) is 0. The number of halogens is 12. The molecule has 14 heteroatoms. The lowest BCUT2D eigenvalue weighted by Gasteiger charge is -2.22. The molecule has 0 aliphatic rings. The van der Waals surface area contributed by atoms with Gasteiger partial charge in [-0.3, -0.25) is 0 Å². The van der Waals surface area contributed by atoms with Crippen LogP contribution in [0.15, 0.2) is 91.0 Å². The molecule has 0 N–H and O–H groups in total. The Morgan fingerprint density at radius 1 is 0.480 bits per heavy atom. The van der Waals surface area contributed by atoms with E-state index in [9.17, 15) is 48.3 Å². The Hall–Kier alpha value is -4.98. The van der Waals surface area contributed by atoms with E-state index in [1.165, 1.54) is 17.7 Å². The lowest BCUT2D eigenvalue weighted by Crippen LogP contribution is -2.30. The van der Waals surface area contributed by atoms with Crippen molar-refractivity contribution in [3.05, 3.63) is 137 Å². The monoisotopic (exact) mass is 714 g/mol. The van der Waals surface area contributed by atoms with Crippen molar-refractivity contribution >= 4 is 0 Å². The Balaban J connectivity index is 1.36. The van der Waals surface area contributed by atoms with E-state index in [0.29, 0.717) is 23.3 Å². The smallest absolute Gasteiger partial charge is 0.429 e. The summed E-state index contributed by atoms with van der Waals surface area (Å²) in [4.78, 5) is 0. The molecule has 262 valence electrons. The summed E-state index contributed by atoms with van der Waals surface area (Å²) in [6.45, 7) is 2.08. The van der Waals surface area contributed by atoms with Gasteiger partial charge in [0.1, 0.15) is 46.0 Å². The summed E-state index contributed by atoms with van der Waals surface area (Å²) in [5.41, 5.74) is -1.52. The Morgan fingerprint density at radius 2 is 0.900 bits per heavy atom. The quantitative estimate of drug-likeness (QED) is 0.134. The average molecular weight is 715 g/mol. The first-order valence-electron chi connectivity index (χ1n) is 14.6. The highest BCUT2D eigenvalue weighted by Gasteiger charge is 2.50. The van der Waals surface area contributed by atoms with Crippen LogP contribution in [0.2, 0.25) is 0 Å². The van der Waals surface area contributed by atoms with Crippen molar-refractivity contribution in [3.8, 4) is 39.1 Å². The van der Waals surface area contributed by atoms with Crippen molar-refractivity contribution < 1.29 is 62.2 Å². The van der Waals surface area contributed by atoms with Crippen LogP contribution in [-0.4, -0.2) is 6.36 Å². The summed E-state index contributed by atoms with van der Waals surface area (Å²) in [6.07, 6.45) is -14.8. The van der Waals surface area contributed by atoms with E-state index >= 15 is 4.39 Å². The molecule has 0 atom stereocenters. The number of hydrogen-bond donors (Lipinski definition) is 0. The van der Waals surface area contributed by atoms with E-state index in [-0.39, 0.29) is 17.7 Å². The molecule has 0 spiro atoms. The second-order valence-electron chi connectivity index (χ2n) is 11.0. The molecular weight excluding hydrogens is 692 g/mol. The van der Waals surface area contributed by atoms with Gasteiger partial charge in [0, 0.05) is 17.7 Å². The van der Waals surface area contributed by atoms with Gasteiger partial charge >= 0.3 is 18.6 Å². The fourth-order valence-corrected chi connectivity index (χ4v) is 5.23. The van der Waals surface area contributed by atoms with E-state index in [4.69, 9.17) is 0 Å². The fraction of sp³-hybridized carbons (Fsp3) is 0.167. The first-order valence-corrected chi connectivity index (χ1v) is 14.6. The maximum atomic E-state index is 15.2. The molecular formula is C36H22F12O2. The van der Waals surface area contributed by atoms with Gasteiger partial charge < -0.3 is 4.74 Å². The van der Waals surface area contributed by atoms with Crippen LogP contribution in [0, 0.1) is 29.1 Å². The number of benzene rings is 5. The number of aryl methyl sites for hydroxylation is 1. The van der Waals surface area contributed by atoms with E-state index in [0.717, 1.165) is 30.0 Å². The summed E-state index contributed by atoms with van der Waals surface area (Å²) >= 11 is 0. The van der Waals surface area contributed by atoms with Crippen LogP contribution >= 0.6 is 0 Å². The highest BCUT2D eigenvalue weighted by atomic mass is 19.4. The molecule has 0 fully saturated rings. The Bertz CT molecular complexity index is 1960. The lowest BCUT2D eigenvalue weighted by atomic mass is 9.96.